The maximum atomic E-state index is 9.48. The highest BCUT2D eigenvalue weighted by Crippen LogP contribution is 2.40. The lowest BCUT2D eigenvalue weighted by Gasteiger charge is -2.24. The second-order valence-electron chi connectivity index (χ2n) is 5.60. The fourth-order valence-corrected chi connectivity index (χ4v) is 3.03. The number of aromatic nitrogens is 3. The number of fused-ring (bicyclic) bond motifs is 1. The van der Waals surface area contributed by atoms with Crippen molar-refractivity contribution in [3.05, 3.63) is 24.2 Å². The molecule has 100 valence electrons. The highest BCUT2D eigenvalue weighted by atomic mass is 16.3. The number of hydrogen-bond acceptors (Lipinski definition) is 4. The van der Waals surface area contributed by atoms with Gasteiger partial charge in [-0.05, 0) is 31.7 Å². The second-order valence-corrected chi connectivity index (χ2v) is 5.60. The lowest BCUT2D eigenvalue weighted by atomic mass is 10.2. The van der Waals surface area contributed by atoms with Gasteiger partial charge in [-0.1, -0.05) is 0 Å². The van der Waals surface area contributed by atoms with Gasteiger partial charge in [0.25, 0.3) is 0 Å². The summed E-state index contributed by atoms with van der Waals surface area (Å²) in [6, 6.07) is 2.38. The van der Waals surface area contributed by atoms with Crippen LogP contribution in [0.3, 0.4) is 0 Å². The third-order valence-electron chi connectivity index (χ3n) is 4.24. The van der Waals surface area contributed by atoms with Crippen molar-refractivity contribution in [2.45, 2.75) is 37.6 Å². The van der Waals surface area contributed by atoms with Crippen LogP contribution in [0.15, 0.2) is 18.5 Å². The Morgan fingerprint density at radius 2 is 2.21 bits per heavy atom. The number of aliphatic hydroxyl groups excluding tert-OH is 1. The quantitative estimate of drug-likeness (QED) is 0.908. The van der Waals surface area contributed by atoms with Crippen LogP contribution in [-0.4, -0.2) is 38.9 Å². The van der Waals surface area contributed by atoms with E-state index in [4.69, 9.17) is 0 Å². The van der Waals surface area contributed by atoms with Crippen molar-refractivity contribution in [1.29, 1.82) is 0 Å². The van der Waals surface area contributed by atoms with E-state index in [1.54, 1.807) is 6.20 Å². The van der Waals surface area contributed by atoms with Crippen LogP contribution in [0.4, 0.5) is 5.82 Å². The summed E-state index contributed by atoms with van der Waals surface area (Å²) in [5, 5.41) is 14.1. The standard InChI is InChI=1S/C14H18N4O/c19-9-11-2-1-6-17(11)14-13-8-12(10-3-4-10)16-18(13)7-5-15-14/h5,7-8,10-11,19H,1-4,6,9H2. The van der Waals surface area contributed by atoms with E-state index < -0.39 is 0 Å². The molecule has 1 unspecified atom stereocenters. The summed E-state index contributed by atoms with van der Waals surface area (Å²) in [4.78, 5) is 6.76. The fourth-order valence-electron chi connectivity index (χ4n) is 3.03. The monoisotopic (exact) mass is 258 g/mol. The Bertz CT molecular complexity index is 605. The molecule has 1 aliphatic heterocycles. The predicted molar refractivity (Wildman–Crippen MR) is 72.4 cm³/mol. The Kier molecular flexibility index (Phi) is 2.48. The number of hydrogen-bond donors (Lipinski definition) is 1. The van der Waals surface area contributed by atoms with Gasteiger partial charge in [0, 0.05) is 24.9 Å². The zero-order valence-electron chi connectivity index (χ0n) is 10.9. The number of rotatable bonds is 3. The first-order valence-electron chi connectivity index (χ1n) is 7.08. The molecule has 1 N–H and O–H groups in total. The van der Waals surface area contributed by atoms with Crippen LogP contribution in [-0.2, 0) is 0 Å². The van der Waals surface area contributed by atoms with Crippen molar-refractivity contribution >= 4 is 11.3 Å². The zero-order chi connectivity index (χ0) is 12.8. The molecule has 2 aromatic rings. The van der Waals surface area contributed by atoms with Crippen LogP contribution < -0.4 is 4.90 Å². The van der Waals surface area contributed by atoms with Crippen LogP contribution >= 0.6 is 0 Å². The Morgan fingerprint density at radius 1 is 1.32 bits per heavy atom. The summed E-state index contributed by atoms with van der Waals surface area (Å²) in [6.45, 7) is 1.17. The summed E-state index contributed by atoms with van der Waals surface area (Å²) in [5.41, 5.74) is 2.26. The van der Waals surface area contributed by atoms with Gasteiger partial charge in [0.05, 0.1) is 18.3 Å². The molecule has 1 atom stereocenters. The number of aliphatic hydroxyl groups is 1. The average Bonchev–Trinajstić information content (AvgIpc) is 3.03. The van der Waals surface area contributed by atoms with E-state index in [1.807, 2.05) is 10.7 Å². The molecule has 0 aromatic carbocycles. The Balaban J connectivity index is 1.80. The van der Waals surface area contributed by atoms with Crippen molar-refractivity contribution in [3.63, 3.8) is 0 Å². The first kappa shape index (κ1) is 11.2. The zero-order valence-corrected chi connectivity index (χ0v) is 10.9. The van der Waals surface area contributed by atoms with E-state index in [1.165, 1.54) is 18.5 Å². The van der Waals surface area contributed by atoms with E-state index in [2.05, 4.69) is 21.0 Å². The van der Waals surface area contributed by atoms with Crippen molar-refractivity contribution in [3.8, 4) is 0 Å². The molecule has 0 radical (unpaired) electrons. The maximum Gasteiger partial charge on any atom is 0.155 e. The van der Waals surface area contributed by atoms with E-state index in [9.17, 15) is 5.11 Å². The fraction of sp³-hybridized carbons (Fsp3) is 0.571. The van der Waals surface area contributed by atoms with Gasteiger partial charge in [-0.3, -0.25) is 0 Å². The van der Waals surface area contributed by atoms with Crippen LogP contribution in [0.2, 0.25) is 0 Å². The first-order valence-corrected chi connectivity index (χ1v) is 7.08. The Labute approximate surface area is 111 Å². The average molecular weight is 258 g/mol. The van der Waals surface area contributed by atoms with Crippen LogP contribution in [0.1, 0.15) is 37.3 Å². The molecule has 0 bridgehead atoms. The van der Waals surface area contributed by atoms with Gasteiger partial charge in [0.1, 0.15) is 5.52 Å². The van der Waals surface area contributed by atoms with E-state index in [0.717, 1.165) is 30.7 Å². The van der Waals surface area contributed by atoms with Crippen LogP contribution in [0.25, 0.3) is 5.52 Å². The summed E-state index contributed by atoms with van der Waals surface area (Å²) < 4.78 is 1.93. The van der Waals surface area contributed by atoms with E-state index >= 15 is 0 Å². The third kappa shape index (κ3) is 1.80. The van der Waals surface area contributed by atoms with Crippen LogP contribution in [0.5, 0.6) is 0 Å². The topological polar surface area (TPSA) is 53.7 Å². The largest absolute Gasteiger partial charge is 0.394 e. The van der Waals surface area contributed by atoms with Crippen LogP contribution in [0, 0.1) is 0 Å². The van der Waals surface area contributed by atoms with Gasteiger partial charge in [0.15, 0.2) is 5.82 Å². The lowest BCUT2D eigenvalue weighted by Crippen LogP contribution is -2.33. The molecule has 4 rings (SSSR count). The van der Waals surface area contributed by atoms with Gasteiger partial charge >= 0.3 is 0 Å². The first-order chi connectivity index (χ1) is 9.36. The molecule has 2 aromatic heterocycles. The van der Waals surface area contributed by atoms with Gasteiger partial charge in [-0.15, -0.1) is 0 Å². The van der Waals surface area contributed by atoms with Gasteiger partial charge in [0.2, 0.25) is 0 Å². The van der Waals surface area contributed by atoms with Crippen molar-refractivity contribution in [1.82, 2.24) is 14.6 Å². The second kappa shape index (κ2) is 4.20. The minimum absolute atomic E-state index is 0.201. The smallest absolute Gasteiger partial charge is 0.155 e. The third-order valence-corrected chi connectivity index (χ3v) is 4.24. The minimum atomic E-state index is 0.201. The van der Waals surface area contributed by atoms with E-state index in [0.29, 0.717) is 5.92 Å². The van der Waals surface area contributed by atoms with Crippen molar-refractivity contribution < 1.29 is 5.11 Å². The molecule has 19 heavy (non-hydrogen) atoms. The lowest BCUT2D eigenvalue weighted by molar-refractivity contribution is 0.266. The normalized spacial score (nSPS) is 23.4. The Morgan fingerprint density at radius 3 is 3.00 bits per heavy atom. The molecule has 2 fully saturated rings. The number of nitrogens with zero attached hydrogens (tertiary/aromatic N) is 4. The predicted octanol–water partition coefficient (Wildman–Crippen LogP) is 1.57. The molecule has 3 heterocycles. The molecule has 5 nitrogen and oxygen atoms in total. The molecule has 1 saturated heterocycles. The van der Waals surface area contributed by atoms with Crippen molar-refractivity contribution in [2.75, 3.05) is 18.1 Å². The summed E-state index contributed by atoms with van der Waals surface area (Å²) in [5.74, 6) is 1.62. The molecule has 0 spiro atoms. The maximum absolute atomic E-state index is 9.48. The van der Waals surface area contributed by atoms with Gasteiger partial charge < -0.3 is 10.0 Å². The van der Waals surface area contributed by atoms with Gasteiger partial charge in [-0.2, -0.15) is 5.10 Å². The molecule has 5 heteroatoms. The highest BCUT2D eigenvalue weighted by Gasteiger charge is 2.29. The molecular formula is C14H18N4O. The SMILES string of the molecule is OCC1CCCN1c1nccn2nc(C3CC3)cc12. The summed E-state index contributed by atoms with van der Waals surface area (Å²) in [6.07, 6.45) is 8.40. The molecule has 1 aliphatic carbocycles. The minimum Gasteiger partial charge on any atom is -0.394 e. The number of anilines is 1. The Hall–Kier alpha value is -1.62. The summed E-state index contributed by atoms with van der Waals surface area (Å²) >= 11 is 0. The van der Waals surface area contributed by atoms with Gasteiger partial charge in [-0.25, -0.2) is 9.50 Å². The van der Waals surface area contributed by atoms with Crippen molar-refractivity contribution in [2.24, 2.45) is 0 Å². The summed E-state index contributed by atoms with van der Waals surface area (Å²) in [7, 11) is 0. The van der Waals surface area contributed by atoms with E-state index in [-0.39, 0.29) is 12.6 Å². The molecule has 1 saturated carbocycles. The molecule has 0 amide bonds. The molecule has 2 aliphatic rings. The molecular weight excluding hydrogens is 240 g/mol. The highest BCUT2D eigenvalue weighted by molar-refractivity contribution is 5.70.